The van der Waals surface area contributed by atoms with Gasteiger partial charge in [0.25, 0.3) is 5.91 Å². The van der Waals surface area contributed by atoms with Gasteiger partial charge in [0, 0.05) is 25.6 Å². The molecule has 2 aromatic carbocycles. The van der Waals surface area contributed by atoms with E-state index in [1.54, 1.807) is 36.3 Å². The van der Waals surface area contributed by atoms with Crippen molar-refractivity contribution in [3.8, 4) is 5.75 Å². The van der Waals surface area contributed by atoms with E-state index in [9.17, 15) is 9.59 Å². The van der Waals surface area contributed by atoms with Crippen molar-refractivity contribution in [1.82, 2.24) is 10.2 Å². The largest absolute Gasteiger partial charge is 0.497 e. The molecule has 1 saturated heterocycles. The van der Waals surface area contributed by atoms with E-state index in [1.807, 2.05) is 24.3 Å². The molecule has 0 aliphatic carbocycles. The number of hydrogen-bond donors (Lipinski definition) is 1. The maximum Gasteiger partial charge on any atom is 0.255 e. The van der Waals surface area contributed by atoms with Gasteiger partial charge in [0.1, 0.15) is 5.75 Å². The predicted octanol–water partition coefficient (Wildman–Crippen LogP) is 4.37. The first-order valence-electron chi connectivity index (χ1n) is 10.4. The van der Waals surface area contributed by atoms with Gasteiger partial charge in [-0.3, -0.25) is 9.59 Å². The maximum atomic E-state index is 13.1. The van der Waals surface area contributed by atoms with Crippen LogP contribution in [0.1, 0.15) is 42.1 Å². The van der Waals surface area contributed by atoms with Crippen LogP contribution < -0.4 is 10.1 Å². The van der Waals surface area contributed by atoms with Crippen LogP contribution in [-0.4, -0.2) is 43.5 Å². The first kappa shape index (κ1) is 22.2. The summed E-state index contributed by atoms with van der Waals surface area (Å²) < 4.78 is 5.36. The van der Waals surface area contributed by atoms with Crippen molar-refractivity contribution < 1.29 is 14.3 Å². The number of rotatable bonds is 7. The minimum Gasteiger partial charge on any atom is -0.497 e. The molecular formula is C24H29ClN2O3. The van der Waals surface area contributed by atoms with E-state index < -0.39 is 0 Å². The summed E-state index contributed by atoms with van der Waals surface area (Å²) >= 11 is 6.24. The normalized spacial score (nSPS) is 18.5. The van der Waals surface area contributed by atoms with E-state index in [1.165, 1.54) is 0 Å². The van der Waals surface area contributed by atoms with Crippen molar-refractivity contribution in [2.24, 2.45) is 11.8 Å². The number of benzene rings is 2. The molecule has 3 rings (SSSR count). The fourth-order valence-corrected chi connectivity index (χ4v) is 4.08. The minimum absolute atomic E-state index is 0.0158. The standard InChI is InChI=1S/C24H29ClN2O3/c1-16(2)11-12-26-23(28)21-15-27(24(29)19-9-4-5-10-22(19)25)14-20(21)17-7-6-8-18(13-17)30-3/h4-10,13,16,20-21H,11-12,14-15H2,1-3H3,(H,26,28). The fourth-order valence-electron chi connectivity index (χ4n) is 3.87. The van der Waals surface area contributed by atoms with Crippen LogP contribution in [-0.2, 0) is 4.79 Å². The molecule has 1 fully saturated rings. The number of nitrogens with one attached hydrogen (secondary N) is 1. The molecule has 1 aliphatic rings. The number of carbonyl (C=O) groups excluding carboxylic acids is 2. The highest BCUT2D eigenvalue weighted by Gasteiger charge is 2.40. The molecule has 1 N–H and O–H groups in total. The first-order chi connectivity index (χ1) is 14.4. The molecule has 0 radical (unpaired) electrons. The molecule has 30 heavy (non-hydrogen) atoms. The van der Waals surface area contributed by atoms with Crippen LogP contribution in [0.5, 0.6) is 5.75 Å². The zero-order chi connectivity index (χ0) is 21.7. The zero-order valence-electron chi connectivity index (χ0n) is 17.7. The van der Waals surface area contributed by atoms with Crippen LogP contribution in [0.25, 0.3) is 0 Å². The number of nitrogens with zero attached hydrogens (tertiary/aromatic N) is 1. The number of halogens is 1. The molecule has 1 aliphatic heterocycles. The van der Waals surface area contributed by atoms with Crippen molar-refractivity contribution in [2.45, 2.75) is 26.2 Å². The van der Waals surface area contributed by atoms with Crippen molar-refractivity contribution in [3.05, 3.63) is 64.7 Å². The quantitative estimate of drug-likeness (QED) is 0.712. The van der Waals surface area contributed by atoms with E-state index in [0.717, 1.165) is 17.7 Å². The average Bonchev–Trinajstić information content (AvgIpc) is 3.19. The van der Waals surface area contributed by atoms with E-state index in [0.29, 0.717) is 36.1 Å². The second-order valence-electron chi connectivity index (χ2n) is 8.15. The highest BCUT2D eigenvalue weighted by molar-refractivity contribution is 6.33. The van der Waals surface area contributed by atoms with E-state index in [2.05, 4.69) is 19.2 Å². The summed E-state index contributed by atoms with van der Waals surface area (Å²) in [5, 5.41) is 3.48. The van der Waals surface area contributed by atoms with Gasteiger partial charge in [-0.2, -0.15) is 0 Å². The molecule has 2 aromatic rings. The third-order valence-electron chi connectivity index (χ3n) is 5.59. The number of amides is 2. The van der Waals surface area contributed by atoms with Gasteiger partial charge in [-0.25, -0.2) is 0 Å². The summed E-state index contributed by atoms with van der Waals surface area (Å²) in [7, 11) is 1.62. The van der Waals surface area contributed by atoms with Crippen LogP contribution in [0.15, 0.2) is 48.5 Å². The number of methoxy groups -OCH3 is 1. The second kappa shape index (κ2) is 9.98. The average molecular weight is 429 g/mol. The number of ether oxygens (including phenoxy) is 1. The molecule has 160 valence electrons. The maximum absolute atomic E-state index is 13.1. The van der Waals surface area contributed by atoms with Crippen molar-refractivity contribution in [3.63, 3.8) is 0 Å². The van der Waals surface area contributed by atoms with Crippen LogP contribution in [0.3, 0.4) is 0 Å². The van der Waals surface area contributed by atoms with Crippen LogP contribution in [0.2, 0.25) is 5.02 Å². The molecule has 2 unspecified atom stereocenters. The summed E-state index contributed by atoms with van der Waals surface area (Å²) in [5.41, 5.74) is 1.46. The zero-order valence-corrected chi connectivity index (χ0v) is 18.5. The van der Waals surface area contributed by atoms with Gasteiger partial charge < -0.3 is 15.0 Å². The summed E-state index contributed by atoms with van der Waals surface area (Å²) in [5.74, 6) is 0.661. The molecule has 6 heteroatoms. The smallest absolute Gasteiger partial charge is 0.255 e. The summed E-state index contributed by atoms with van der Waals surface area (Å²) in [4.78, 5) is 27.9. The highest BCUT2D eigenvalue weighted by Crippen LogP contribution is 2.35. The highest BCUT2D eigenvalue weighted by atomic mass is 35.5. The van der Waals surface area contributed by atoms with Gasteiger partial charge >= 0.3 is 0 Å². The third-order valence-corrected chi connectivity index (χ3v) is 5.92. The SMILES string of the molecule is COc1cccc(C2CN(C(=O)c3ccccc3Cl)CC2C(=O)NCCC(C)C)c1. The van der Waals surface area contributed by atoms with E-state index in [-0.39, 0.29) is 23.7 Å². The van der Waals surface area contributed by atoms with Crippen molar-refractivity contribution in [2.75, 3.05) is 26.7 Å². The summed E-state index contributed by atoms with van der Waals surface area (Å²) in [6, 6.07) is 14.8. The monoisotopic (exact) mass is 428 g/mol. The molecule has 0 aromatic heterocycles. The number of carbonyl (C=O) groups is 2. The first-order valence-corrected chi connectivity index (χ1v) is 10.7. The minimum atomic E-state index is -0.323. The lowest BCUT2D eigenvalue weighted by Crippen LogP contribution is -2.36. The molecular weight excluding hydrogens is 400 g/mol. The van der Waals surface area contributed by atoms with Gasteiger partial charge in [-0.1, -0.05) is 49.7 Å². The van der Waals surface area contributed by atoms with Crippen LogP contribution in [0, 0.1) is 11.8 Å². The van der Waals surface area contributed by atoms with E-state index >= 15 is 0 Å². The Kier molecular flexibility index (Phi) is 7.38. The Balaban J connectivity index is 1.84. The third kappa shape index (κ3) is 5.14. The van der Waals surface area contributed by atoms with Crippen LogP contribution >= 0.6 is 11.6 Å². The van der Waals surface area contributed by atoms with Crippen molar-refractivity contribution >= 4 is 23.4 Å². The van der Waals surface area contributed by atoms with E-state index in [4.69, 9.17) is 16.3 Å². The van der Waals surface area contributed by atoms with Gasteiger partial charge in [0.2, 0.25) is 5.91 Å². The Morgan fingerprint density at radius 1 is 1.17 bits per heavy atom. The predicted molar refractivity (Wildman–Crippen MR) is 119 cm³/mol. The molecule has 2 atom stereocenters. The topological polar surface area (TPSA) is 58.6 Å². The molecule has 0 spiro atoms. The Morgan fingerprint density at radius 3 is 2.63 bits per heavy atom. The molecule has 1 heterocycles. The number of likely N-dealkylation sites (tertiary alicyclic amines) is 1. The van der Waals surface area contributed by atoms with Gasteiger partial charge in [0.15, 0.2) is 0 Å². The lowest BCUT2D eigenvalue weighted by Gasteiger charge is -2.19. The summed E-state index contributed by atoms with van der Waals surface area (Å²) in [6.45, 7) is 5.71. The van der Waals surface area contributed by atoms with Crippen LogP contribution in [0.4, 0.5) is 0 Å². The van der Waals surface area contributed by atoms with Gasteiger partial charge in [0.05, 0.1) is 23.6 Å². The van der Waals surface area contributed by atoms with Crippen molar-refractivity contribution in [1.29, 1.82) is 0 Å². The Bertz CT molecular complexity index is 900. The molecule has 2 amide bonds. The fraction of sp³-hybridized carbons (Fsp3) is 0.417. The molecule has 5 nitrogen and oxygen atoms in total. The Labute approximate surface area is 183 Å². The second-order valence-corrected chi connectivity index (χ2v) is 8.56. The summed E-state index contributed by atoms with van der Waals surface area (Å²) in [6.07, 6.45) is 0.921. The Hall–Kier alpha value is -2.53. The van der Waals surface area contributed by atoms with Gasteiger partial charge in [-0.15, -0.1) is 0 Å². The molecule has 0 bridgehead atoms. The lowest BCUT2D eigenvalue weighted by molar-refractivity contribution is -0.124. The Morgan fingerprint density at radius 2 is 1.93 bits per heavy atom. The molecule has 0 saturated carbocycles. The van der Waals surface area contributed by atoms with Gasteiger partial charge in [-0.05, 0) is 42.2 Å². The number of hydrogen-bond acceptors (Lipinski definition) is 3. The lowest BCUT2D eigenvalue weighted by atomic mass is 9.88.